The van der Waals surface area contributed by atoms with Crippen LogP contribution in [0.1, 0.15) is 12.5 Å². The predicted molar refractivity (Wildman–Crippen MR) is 77.5 cm³/mol. The lowest BCUT2D eigenvalue weighted by Crippen LogP contribution is -2.30. The Balaban J connectivity index is 2.00. The van der Waals surface area contributed by atoms with Gasteiger partial charge in [0.1, 0.15) is 11.3 Å². The Morgan fingerprint density at radius 3 is 2.95 bits per heavy atom. The van der Waals surface area contributed by atoms with Gasteiger partial charge in [-0.1, -0.05) is 17.4 Å². The summed E-state index contributed by atoms with van der Waals surface area (Å²) in [5, 5.41) is 10.5. The molecule has 2 aromatic rings. The van der Waals surface area contributed by atoms with Crippen LogP contribution in [-0.2, 0) is 4.79 Å². The summed E-state index contributed by atoms with van der Waals surface area (Å²) in [4.78, 5) is 11.9. The van der Waals surface area contributed by atoms with Crippen molar-refractivity contribution in [2.75, 3.05) is 5.32 Å². The quantitative estimate of drug-likeness (QED) is 0.928. The number of carbonyl (C=O) groups excluding carboxylic acids is 1. The number of aromatic nitrogens is 2. The number of rotatable bonds is 4. The third kappa shape index (κ3) is 3.74. The van der Waals surface area contributed by atoms with E-state index in [2.05, 4.69) is 31.4 Å². The average molecular weight is 342 g/mol. The second-order valence-electron chi connectivity index (χ2n) is 3.93. The number of nitrogens with zero attached hydrogens (tertiary/aromatic N) is 2. The second-order valence-corrected chi connectivity index (χ2v) is 5.61. The summed E-state index contributed by atoms with van der Waals surface area (Å²) >= 11 is 4.67. The van der Waals surface area contributed by atoms with Crippen molar-refractivity contribution in [1.29, 1.82) is 0 Å². The van der Waals surface area contributed by atoms with E-state index in [1.54, 1.807) is 12.4 Å². The van der Waals surface area contributed by atoms with Gasteiger partial charge in [0.25, 0.3) is 5.91 Å². The van der Waals surface area contributed by atoms with Gasteiger partial charge >= 0.3 is 0 Å². The lowest BCUT2D eigenvalue weighted by atomic mass is 10.2. The van der Waals surface area contributed by atoms with Gasteiger partial charge in [0.2, 0.25) is 5.13 Å². The van der Waals surface area contributed by atoms with Gasteiger partial charge in [-0.25, -0.2) is 0 Å². The molecule has 0 saturated carbocycles. The molecule has 1 N–H and O–H groups in total. The van der Waals surface area contributed by atoms with E-state index in [9.17, 15) is 4.79 Å². The van der Waals surface area contributed by atoms with Gasteiger partial charge in [-0.3, -0.25) is 10.1 Å². The van der Waals surface area contributed by atoms with Crippen LogP contribution in [0.5, 0.6) is 5.75 Å². The highest BCUT2D eigenvalue weighted by atomic mass is 79.9. The molecule has 0 fully saturated rings. The fourth-order valence-corrected chi connectivity index (χ4v) is 2.41. The number of ether oxygens (including phenoxy) is 1. The molecule has 0 saturated heterocycles. The Kier molecular flexibility index (Phi) is 4.49. The maximum Gasteiger partial charge on any atom is 0.266 e. The topological polar surface area (TPSA) is 64.1 Å². The van der Waals surface area contributed by atoms with Gasteiger partial charge in [0.05, 0.1) is 4.47 Å². The molecular formula is C12H12BrN3O2S. The molecule has 5 nitrogen and oxygen atoms in total. The molecule has 0 radical (unpaired) electrons. The van der Waals surface area contributed by atoms with Crippen molar-refractivity contribution < 1.29 is 9.53 Å². The van der Waals surface area contributed by atoms with Crippen LogP contribution in [0.4, 0.5) is 5.13 Å². The van der Waals surface area contributed by atoms with Crippen molar-refractivity contribution in [2.24, 2.45) is 0 Å². The van der Waals surface area contributed by atoms with E-state index in [0.29, 0.717) is 10.9 Å². The molecule has 100 valence electrons. The molecule has 0 unspecified atom stereocenters. The Morgan fingerprint density at radius 2 is 2.32 bits per heavy atom. The lowest BCUT2D eigenvalue weighted by molar-refractivity contribution is -0.122. The highest BCUT2D eigenvalue weighted by Gasteiger charge is 2.17. The van der Waals surface area contributed by atoms with E-state index in [0.717, 1.165) is 10.0 Å². The number of aryl methyl sites for hydroxylation is 1. The molecule has 0 bridgehead atoms. The molecule has 1 aromatic heterocycles. The summed E-state index contributed by atoms with van der Waals surface area (Å²) in [5.74, 6) is 0.370. The van der Waals surface area contributed by atoms with Crippen LogP contribution in [0.2, 0.25) is 0 Å². The minimum Gasteiger partial charge on any atom is -0.480 e. The van der Waals surface area contributed by atoms with Gasteiger partial charge in [-0.05, 0) is 47.5 Å². The zero-order valence-corrected chi connectivity index (χ0v) is 12.8. The Bertz CT molecular complexity index is 574. The molecule has 7 heteroatoms. The first-order valence-electron chi connectivity index (χ1n) is 5.56. The van der Waals surface area contributed by atoms with Gasteiger partial charge < -0.3 is 4.74 Å². The summed E-state index contributed by atoms with van der Waals surface area (Å²) in [5.41, 5.74) is 2.67. The van der Waals surface area contributed by atoms with Crippen molar-refractivity contribution in [2.45, 2.75) is 20.0 Å². The third-order valence-corrected chi connectivity index (χ3v) is 3.58. The first kappa shape index (κ1) is 14.0. The number of benzene rings is 1. The number of carbonyl (C=O) groups is 1. The predicted octanol–water partition coefficient (Wildman–Crippen LogP) is 3.02. The average Bonchev–Trinajstić information content (AvgIpc) is 2.85. The number of halogens is 1. The van der Waals surface area contributed by atoms with Crippen molar-refractivity contribution in [3.05, 3.63) is 33.7 Å². The largest absolute Gasteiger partial charge is 0.480 e. The summed E-state index contributed by atoms with van der Waals surface area (Å²) < 4.78 is 6.43. The summed E-state index contributed by atoms with van der Waals surface area (Å²) in [7, 11) is 0. The number of nitrogens with one attached hydrogen (secondary N) is 1. The van der Waals surface area contributed by atoms with E-state index in [4.69, 9.17) is 4.74 Å². The second kappa shape index (κ2) is 6.12. The van der Waals surface area contributed by atoms with Gasteiger partial charge in [0.15, 0.2) is 6.10 Å². The van der Waals surface area contributed by atoms with E-state index in [1.165, 1.54) is 11.3 Å². The smallest absolute Gasteiger partial charge is 0.266 e. The first-order valence-corrected chi connectivity index (χ1v) is 7.23. The Labute approximate surface area is 123 Å². The molecule has 0 spiro atoms. The highest BCUT2D eigenvalue weighted by molar-refractivity contribution is 9.10. The van der Waals surface area contributed by atoms with Crippen LogP contribution >= 0.6 is 27.3 Å². The molecule has 1 amide bonds. The summed E-state index contributed by atoms with van der Waals surface area (Å²) in [6, 6.07) is 5.69. The Hall–Kier alpha value is -1.47. The zero-order valence-electron chi connectivity index (χ0n) is 10.4. The van der Waals surface area contributed by atoms with Gasteiger partial charge in [-0.2, -0.15) is 0 Å². The van der Waals surface area contributed by atoms with E-state index < -0.39 is 6.10 Å². The maximum atomic E-state index is 11.9. The van der Waals surface area contributed by atoms with Crippen LogP contribution < -0.4 is 10.1 Å². The normalized spacial score (nSPS) is 11.9. The molecule has 1 aromatic carbocycles. The van der Waals surface area contributed by atoms with Crippen molar-refractivity contribution in [3.8, 4) is 5.75 Å². The molecule has 0 aliphatic carbocycles. The highest BCUT2D eigenvalue weighted by Crippen LogP contribution is 2.26. The fourth-order valence-electron chi connectivity index (χ4n) is 1.38. The van der Waals surface area contributed by atoms with Crippen LogP contribution in [0, 0.1) is 6.92 Å². The third-order valence-electron chi connectivity index (χ3n) is 2.35. The van der Waals surface area contributed by atoms with E-state index in [-0.39, 0.29) is 5.91 Å². The van der Waals surface area contributed by atoms with Crippen LogP contribution in [0.3, 0.4) is 0 Å². The number of anilines is 1. The number of hydrogen-bond acceptors (Lipinski definition) is 5. The number of hydrogen-bond donors (Lipinski definition) is 1. The Morgan fingerprint density at radius 1 is 1.53 bits per heavy atom. The van der Waals surface area contributed by atoms with Crippen molar-refractivity contribution in [3.63, 3.8) is 0 Å². The monoisotopic (exact) mass is 341 g/mol. The molecular weight excluding hydrogens is 330 g/mol. The SMILES string of the molecule is Cc1ccc(O[C@H](C)C(=O)Nc2nncs2)c(Br)c1. The minimum atomic E-state index is -0.622. The van der Waals surface area contributed by atoms with Gasteiger partial charge in [0, 0.05) is 0 Å². The summed E-state index contributed by atoms with van der Waals surface area (Å²) in [6.07, 6.45) is -0.622. The van der Waals surface area contributed by atoms with Crippen LogP contribution in [0.25, 0.3) is 0 Å². The molecule has 2 rings (SSSR count). The van der Waals surface area contributed by atoms with Crippen molar-refractivity contribution in [1.82, 2.24) is 10.2 Å². The summed E-state index contributed by atoms with van der Waals surface area (Å²) in [6.45, 7) is 3.67. The van der Waals surface area contributed by atoms with E-state index in [1.807, 2.05) is 25.1 Å². The lowest BCUT2D eigenvalue weighted by Gasteiger charge is -2.15. The molecule has 19 heavy (non-hydrogen) atoms. The fraction of sp³-hybridized carbons (Fsp3) is 0.250. The number of amides is 1. The van der Waals surface area contributed by atoms with Crippen LogP contribution in [0.15, 0.2) is 28.2 Å². The molecule has 1 atom stereocenters. The zero-order chi connectivity index (χ0) is 13.8. The maximum absolute atomic E-state index is 11.9. The molecule has 0 aliphatic heterocycles. The van der Waals surface area contributed by atoms with E-state index >= 15 is 0 Å². The molecule has 0 aliphatic rings. The van der Waals surface area contributed by atoms with Crippen LogP contribution in [-0.4, -0.2) is 22.2 Å². The molecule has 1 heterocycles. The van der Waals surface area contributed by atoms with Gasteiger partial charge in [-0.15, -0.1) is 10.2 Å². The minimum absolute atomic E-state index is 0.260. The standard InChI is InChI=1S/C12H12BrN3O2S/c1-7-3-4-10(9(13)5-7)18-8(2)11(17)15-12-16-14-6-19-12/h3-6,8H,1-2H3,(H,15,16,17)/t8-/m1/s1. The first-order chi connectivity index (χ1) is 9.06. The van der Waals surface area contributed by atoms with Crippen molar-refractivity contribution >= 4 is 38.3 Å².